The summed E-state index contributed by atoms with van der Waals surface area (Å²) in [4.78, 5) is 4.33. The van der Waals surface area contributed by atoms with Crippen molar-refractivity contribution in [1.82, 2.24) is 4.98 Å². The fourth-order valence-corrected chi connectivity index (χ4v) is 3.03. The molecule has 0 fully saturated rings. The Hall–Kier alpha value is -2.85. The molecule has 0 atom stereocenters. The average Bonchev–Trinajstić information content (AvgIpc) is 3.13. The van der Waals surface area contributed by atoms with Gasteiger partial charge in [0.25, 0.3) is 0 Å². The number of nitriles is 1. The summed E-state index contributed by atoms with van der Waals surface area (Å²) in [5.41, 5.74) is 5.36. The molecule has 0 saturated heterocycles. The van der Waals surface area contributed by atoms with Gasteiger partial charge in [-0.1, -0.05) is 29.3 Å². The van der Waals surface area contributed by atoms with Gasteiger partial charge in [0.1, 0.15) is 23.2 Å². The van der Waals surface area contributed by atoms with E-state index in [0.29, 0.717) is 45.1 Å². The van der Waals surface area contributed by atoms with Crippen molar-refractivity contribution in [2.24, 2.45) is 5.10 Å². The molecule has 0 spiro atoms. The smallest absolute Gasteiger partial charge is 0.164 e. The van der Waals surface area contributed by atoms with Crippen LogP contribution in [-0.4, -0.2) is 18.3 Å². The number of benzene rings is 1. The Bertz CT molecular complexity index is 1070. The number of hydrogen-bond donors (Lipinski definition) is 1. The van der Waals surface area contributed by atoms with Crippen LogP contribution in [0.1, 0.15) is 22.6 Å². The Morgan fingerprint density at radius 1 is 1.32 bits per heavy atom. The van der Waals surface area contributed by atoms with Gasteiger partial charge >= 0.3 is 0 Å². The molecule has 1 aromatic carbocycles. The minimum absolute atomic E-state index is 0.312. The summed E-state index contributed by atoms with van der Waals surface area (Å²) in [7, 11) is 1.57. The van der Waals surface area contributed by atoms with Gasteiger partial charge in [-0.15, -0.1) is 0 Å². The summed E-state index contributed by atoms with van der Waals surface area (Å²) in [5.74, 6) is 1.43. The Morgan fingerprint density at radius 2 is 2.14 bits per heavy atom. The molecule has 1 N–H and O–H groups in total. The van der Waals surface area contributed by atoms with Gasteiger partial charge in [0.15, 0.2) is 5.82 Å². The van der Waals surface area contributed by atoms with E-state index in [2.05, 4.69) is 21.6 Å². The lowest BCUT2D eigenvalue weighted by atomic mass is 10.1. The number of halogens is 2. The number of nitrogens with one attached hydrogen (secondary N) is 1. The van der Waals surface area contributed by atoms with Crippen LogP contribution in [0.15, 0.2) is 45.9 Å². The van der Waals surface area contributed by atoms with E-state index in [9.17, 15) is 5.26 Å². The predicted molar refractivity (Wildman–Crippen MR) is 110 cm³/mol. The van der Waals surface area contributed by atoms with Crippen molar-refractivity contribution in [3.05, 3.63) is 69.0 Å². The zero-order chi connectivity index (χ0) is 20.1. The molecule has 2 aromatic heterocycles. The van der Waals surface area contributed by atoms with E-state index in [-0.39, 0.29) is 0 Å². The number of anilines is 1. The number of aryl methyl sites for hydroxylation is 1. The number of furan rings is 1. The number of aromatic nitrogens is 1. The molecule has 0 saturated carbocycles. The van der Waals surface area contributed by atoms with E-state index >= 15 is 0 Å². The highest BCUT2D eigenvalue weighted by molar-refractivity contribution is 6.43. The number of methoxy groups -OCH3 is 1. The quantitative estimate of drug-likeness (QED) is 0.429. The van der Waals surface area contributed by atoms with E-state index < -0.39 is 0 Å². The molecule has 0 amide bonds. The first-order valence-electron chi connectivity index (χ1n) is 8.26. The van der Waals surface area contributed by atoms with E-state index in [1.54, 1.807) is 31.4 Å². The number of rotatable bonds is 6. The van der Waals surface area contributed by atoms with Gasteiger partial charge in [0, 0.05) is 23.9 Å². The van der Waals surface area contributed by atoms with Gasteiger partial charge in [0.05, 0.1) is 22.9 Å². The molecule has 3 rings (SSSR count). The zero-order valence-corrected chi connectivity index (χ0v) is 16.7. The molecular weight excluding hydrogens is 399 g/mol. The lowest BCUT2D eigenvalue weighted by Gasteiger charge is -2.08. The van der Waals surface area contributed by atoms with Crippen molar-refractivity contribution in [2.45, 2.75) is 13.5 Å². The molecule has 0 aliphatic carbocycles. The van der Waals surface area contributed by atoms with Crippen molar-refractivity contribution in [3.63, 3.8) is 0 Å². The van der Waals surface area contributed by atoms with Gasteiger partial charge < -0.3 is 9.15 Å². The second-order valence-electron chi connectivity index (χ2n) is 5.86. The van der Waals surface area contributed by atoms with Crippen LogP contribution >= 0.6 is 23.2 Å². The highest BCUT2D eigenvalue weighted by atomic mass is 35.5. The fourth-order valence-electron chi connectivity index (χ4n) is 2.63. The second kappa shape index (κ2) is 8.89. The molecule has 0 bridgehead atoms. The fraction of sp³-hybridized carbons (Fsp3) is 0.150. The molecule has 8 heteroatoms. The number of ether oxygens (including phenoxy) is 1. The third-order valence-electron chi connectivity index (χ3n) is 3.85. The molecule has 28 heavy (non-hydrogen) atoms. The summed E-state index contributed by atoms with van der Waals surface area (Å²) in [6, 6.07) is 12.8. The summed E-state index contributed by atoms with van der Waals surface area (Å²) in [5, 5.41) is 14.4. The largest absolute Gasteiger partial charge is 0.455 e. The molecule has 0 aliphatic heterocycles. The first-order valence-corrected chi connectivity index (χ1v) is 9.02. The number of hydrogen-bond acceptors (Lipinski definition) is 6. The Balaban J connectivity index is 1.80. The molecular formula is C20H16Cl2N4O2. The summed E-state index contributed by atoms with van der Waals surface area (Å²) >= 11 is 12.3. The average molecular weight is 415 g/mol. The van der Waals surface area contributed by atoms with Crippen molar-refractivity contribution >= 4 is 35.2 Å². The maximum absolute atomic E-state index is 9.43. The minimum atomic E-state index is 0.312. The van der Waals surface area contributed by atoms with Gasteiger partial charge in [-0.05, 0) is 37.3 Å². The van der Waals surface area contributed by atoms with Crippen LogP contribution in [0.2, 0.25) is 10.0 Å². The zero-order valence-electron chi connectivity index (χ0n) is 15.2. The number of hydrazone groups is 1. The van der Waals surface area contributed by atoms with Crippen LogP contribution < -0.4 is 5.43 Å². The lowest BCUT2D eigenvalue weighted by molar-refractivity contribution is 0.184. The van der Waals surface area contributed by atoms with Crippen LogP contribution in [0, 0.1) is 18.3 Å². The van der Waals surface area contributed by atoms with Gasteiger partial charge in [-0.2, -0.15) is 10.4 Å². The van der Waals surface area contributed by atoms with Crippen LogP contribution in [-0.2, 0) is 11.3 Å². The highest BCUT2D eigenvalue weighted by Crippen LogP contribution is 2.34. The molecule has 3 aromatic rings. The van der Waals surface area contributed by atoms with Crippen molar-refractivity contribution < 1.29 is 9.15 Å². The maximum atomic E-state index is 9.43. The first kappa shape index (κ1) is 19.9. The molecule has 6 nitrogen and oxygen atoms in total. The van der Waals surface area contributed by atoms with Gasteiger partial charge in [-0.3, -0.25) is 5.43 Å². The standard InChI is InChI=1S/C20H16Cl2N4O2/c1-12-8-13(11-27-2)16(9-23)20(25-12)26-24-10-14-6-7-18(28-14)15-4-3-5-17(21)19(15)22/h3-8,10H,11H2,1-2H3,(H,25,26). The normalized spacial score (nSPS) is 11.0. The monoisotopic (exact) mass is 414 g/mol. The Kier molecular flexibility index (Phi) is 6.32. The topological polar surface area (TPSA) is 83.4 Å². The molecule has 0 aliphatic rings. The SMILES string of the molecule is COCc1cc(C)nc(NN=Cc2ccc(-c3cccc(Cl)c3Cl)o2)c1C#N. The molecule has 2 heterocycles. The van der Waals surface area contributed by atoms with Crippen LogP contribution in [0.5, 0.6) is 0 Å². The van der Waals surface area contributed by atoms with Crippen LogP contribution in [0.3, 0.4) is 0 Å². The van der Waals surface area contributed by atoms with Crippen molar-refractivity contribution in [1.29, 1.82) is 5.26 Å². The molecule has 0 unspecified atom stereocenters. The van der Waals surface area contributed by atoms with E-state index in [0.717, 1.165) is 11.3 Å². The van der Waals surface area contributed by atoms with E-state index in [1.165, 1.54) is 6.21 Å². The Morgan fingerprint density at radius 3 is 2.89 bits per heavy atom. The summed E-state index contributed by atoms with van der Waals surface area (Å²) < 4.78 is 10.9. The lowest BCUT2D eigenvalue weighted by Crippen LogP contribution is -2.03. The predicted octanol–water partition coefficient (Wildman–Crippen LogP) is 5.42. The van der Waals surface area contributed by atoms with E-state index in [4.69, 9.17) is 32.4 Å². The van der Waals surface area contributed by atoms with Gasteiger partial charge in [0.2, 0.25) is 0 Å². The highest BCUT2D eigenvalue weighted by Gasteiger charge is 2.12. The third kappa shape index (κ3) is 4.34. The third-order valence-corrected chi connectivity index (χ3v) is 4.67. The molecule has 0 radical (unpaired) electrons. The van der Waals surface area contributed by atoms with Crippen molar-refractivity contribution in [3.8, 4) is 17.4 Å². The molecule has 142 valence electrons. The van der Waals surface area contributed by atoms with Crippen LogP contribution in [0.4, 0.5) is 5.82 Å². The van der Waals surface area contributed by atoms with Crippen molar-refractivity contribution in [2.75, 3.05) is 12.5 Å². The number of nitrogens with zero attached hydrogens (tertiary/aromatic N) is 3. The maximum Gasteiger partial charge on any atom is 0.164 e. The summed E-state index contributed by atoms with van der Waals surface area (Å²) in [6.07, 6.45) is 1.49. The minimum Gasteiger partial charge on any atom is -0.455 e. The summed E-state index contributed by atoms with van der Waals surface area (Å²) in [6.45, 7) is 2.15. The first-order chi connectivity index (χ1) is 13.5. The number of pyridine rings is 1. The Labute approximate surface area is 172 Å². The van der Waals surface area contributed by atoms with E-state index in [1.807, 2.05) is 19.1 Å². The second-order valence-corrected chi connectivity index (χ2v) is 6.65. The van der Waals surface area contributed by atoms with Gasteiger partial charge in [-0.25, -0.2) is 4.98 Å². The van der Waals surface area contributed by atoms with Crippen LogP contribution in [0.25, 0.3) is 11.3 Å².